The lowest BCUT2D eigenvalue weighted by Crippen LogP contribution is -2.36. The van der Waals surface area contributed by atoms with Gasteiger partial charge in [-0.3, -0.25) is 15.0 Å². The number of benzene rings is 3. The summed E-state index contributed by atoms with van der Waals surface area (Å²) < 4.78 is 0. The largest absolute Gasteiger partial charge is 0.322 e. The highest BCUT2D eigenvalue weighted by atomic mass is 79.9. The van der Waals surface area contributed by atoms with Crippen molar-refractivity contribution >= 4 is 120 Å². The van der Waals surface area contributed by atoms with Crippen molar-refractivity contribution in [2.24, 2.45) is 4.99 Å². The maximum Gasteiger partial charge on any atom is 0.267 e. The molecule has 6 nitrogen and oxygen atoms in total. The lowest BCUT2D eigenvalue weighted by atomic mass is 10.2. The number of halogens is 7. The standard InChI is InChI=1S/C22H11BrCl6N4O2/c23-13-20(32-33(22(13)35)19-17(28)15(26)14(25)16(27)18(19)29)31-12-8-10(6-7-11(12)24)30-21(34)9-4-2-1-3-5-9/h1-8,13H,(H,30,34)(H,31,32). The highest BCUT2D eigenvalue weighted by molar-refractivity contribution is 9.10. The zero-order valence-electron chi connectivity index (χ0n) is 17.1. The van der Waals surface area contributed by atoms with E-state index < -0.39 is 10.7 Å². The Balaban J connectivity index is 1.66. The molecule has 1 aliphatic rings. The van der Waals surface area contributed by atoms with Crippen molar-refractivity contribution in [1.82, 2.24) is 5.43 Å². The lowest BCUT2D eigenvalue weighted by molar-refractivity contribution is -0.116. The monoisotopic (exact) mass is 652 g/mol. The van der Waals surface area contributed by atoms with Gasteiger partial charge in [-0.2, -0.15) is 0 Å². The Morgan fingerprint density at radius 3 is 2.14 bits per heavy atom. The van der Waals surface area contributed by atoms with E-state index in [0.717, 1.165) is 5.01 Å². The number of amides is 2. The number of hydrazine groups is 1. The molecule has 3 aromatic carbocycles. The summed E-state index contributed by atoms with van der Waals surface area (Å²) in [4.78, 5) is 29.0. The van der Waals surface area contributed by atoms with Gasteiger partial charge in [-0.25, -0.2) is 10.0 Å². The molecule has 0 saturated carbocycles. The number of hydrogen-bond donors (Lipinski definition) is 2. The lowest BCUT2D eigenvalue weighted by Gasteiger charge is -2.21. The molecule has 35 heavy (non-hydrogen) atoms. The molecular weight excluding hydrogens is 645 g/mol. The molecule has 1 aliphatic heterocycles. The van der Waals surface area contributed by atoms with Crippen LogP contribution in [0.1, 0.15) is 10.4 Å². The van der Waals surface area contributed by atoms with E-state index >= 15 is 0 Å². The minimum Gasteiger partial charge on any atom is -0.322 e. The van der Waals surface area contributed by atoms with E-state index in [4.69, 9.17) is 69.6 Å². The van der Waals surface area contributed by atoms with Crippen LogP contribution in [0.4, 0.5) is 17.1 Å². The quantitative estimate of drug-likeness (QED) is 0.169. The molecule has 0 bridgehead atoms. The third-order valence-electron chi connectivity index (χ3n) is 4.79. The first kappa shape index (κ1) is 26.4. The van der Waals surface area contributed by atoms with Crippen molar-refractivity contribution in [2.75, 3.05) is 10.3 Å². The fourth-order valence-electron chi connectivity index (χ4n) is 3.09. The number of nitrogens with one attached hydrogen (secondary N) is 2. The number of aliphatic imine (C=N–C) groups is 1. The topological polar surface area (TPSA) is 73.8 Å². The molecule has 0 spiro atoms. The predicted octanol–water partition coefficient (Wildman–Crippen LogP) is 8.20. The van der Waals surface area contributed by atoms with Gasteiger partial charge >= 0.3 is 0 Å². The zero-order valence-corrected chi connectivity index (χ0v) is 23.2. The minimum absolute atomic E-state index is 0.0161. The molecule has 1 fully saturated rings. The van der Waals surface area contributed by atoms with E-state index in [1.54, 1.807) is 42.5 Å². The van der Waals surface area contributed by atoms with Gasteiger partial charge in [-0.15, -0.1) is 0 Å². The van der Waals surface area contributed by atoms with E-state index in [0.29, 0.717) is 16.9 Å². The van der Waals surface area contributed by atoms with Crippen molar-refractivity contribution in [3.8, 4) is 0 Å². The van der Waals surface area contributed by atoms with E-state index in [1.165, 1.54) is 0 Å². The average Bonchev–Trinajstić information content (AvgIpc) is 3.12. The van der Waals surface area contributed by atoms with Gasteiger partial charge in [0.05, 0.1) is 35.8 Å². The van der Waals surface area contributed by atoms with Crippen LogP contribution in [-0.2, 0) is 4.79 Å². The summed E-state index contributed by atoms with van der Waals surface area (Å²) in [6, 6.07) is 13.5. The molecule has 13 heteroatoms. The van der Waals surface area contributed by atoms with Crippen LogP contribution in [0.25, 0.3) is 0 Å². The third kappa shape index (κ3) is 5.23. The molecule has 2 N–H and O–H groups in total. The van der Waals surface area contributed by atoms with Crippen LogP contribution in [0.3, 0.4) is 0 Å². The van der Waals surface area contributed by atoms with Gasteiger partial charge < -0.3 is 5.32 Å². The van der Waals surface area contributed by atoms with Gasteiger partial charge in [-0.1, -0.05) is 104 Å². The van der Waals surface area contributed by atoms with Crippen molar-refractivity contribution in [2.45, 2.75) is 4.83 Å². The summed E-state index contributed by atoms with van der Waals surface area (Å²) in [5, 5.41) is 3.83. The minimum atomic E-state index is -0.901. The van der Waals surface area contributed by atoms with Crippen LogP contribution >= 0.6 is 85.5 Å². The van der Waals surface area contributed by atoms with Crippen LogP contribution in [0.2, 0.25) is 30.1 Å². The second-order valence-corrected chi connectivity index (χ2v) is 10.3. The van der Waals surface area contributed by atoms with Gasteiger partial charge in [0.1, 0.15) is 11.5 Å². The number of rotatable bonds is 4. The number of hydrogen-bond acceptors (Lipinski definition) is 3. The van der Waals surface area contributed by atoms with Crippen LogP contribution in [-0.4, -0.2) is 22.5 Å². The molecule has 1 unspecified atom stereocenters. The average molecular weight is 656 g/mol. The Bertz CT molecular complexity index is 1360. The second kappa shape index (κ2) is 10.7. The Hall–Kier alpha value is -1.71. The van der Waals surface area contributed by atoms with E-state index in [-0.39, 0.29) is 47.6 Å². The fraction of sp³-hybridized carbons (Fsp3) is 0.0455. The zero-order chi connectivity index (χ0) is 25.4. The Labute approximate surface area is 238 Å². The smallest absolute Gasteiger partial charge is 0.267 e. The SMILES string of the molecule is O=C(Nc1ccc(Cl)c(N=C2NN(c3c(Cl)c(Cl)c(Cl)c(Cl)c3Cl)C(=O)C2Br)c1)c1ccccc1. The van der Waals surface area contributed by atoms with Crippen molar-refractivity contribution in [3.05, 3.63) is 84.2 Å². The normalized spacial score (nSPS) is 16.5. The van der Waals surface area contributed by atoms with E-state index in [9.17, 15) is 9.59 Å². The molecule has 3 aromatic rings. The second-order valence-electron chi connectivity index (χ2n) is 7.05. The molecule has 4 rings (SSSR count). The van der Waals surface area contributed by atoms with Gasteiger partial charge in [0, 0.05) is 11.3 Å². The summed E-state index contributed by atoms with van der Waals surface area (Å²) in [6.07, 6.45) is 0. The third-order valence-corrected chi connectivity index (χ3v) is 8.20. The van der Waals surface area contributed by atoms with E-state index in [2.05, 4.69) is 31.7 Å². The van der Waals surface area contributed by atoms with Crippen LogP contribution in [0, 0.1) is 0 Å². The molecule has 1 atom stereocenters. The van der Waals surface area contributed by atoms with Gasteiger partial charge in [0.25, 0.3) is 11.8 Å². The summed E-state index contributed by atoms with van der Waals surface area (Å²) in [7, 11) is 0. The van der Waals surface area contributed by atoms with Crippen LogP contribution < -0.4 is 15.8 Å². The molecular formula is C22H11BrCl6N4O2. The van der Waals surface area contributed by atoms with Gasteiger partial charge in [0.15, 0.2) is 4.83 Å². The number of amidine groups is 1. The fourth-order valence-corrected chi connectivity index (χ4v) is 4.96. The number of anilines is 2. The summed E-state index contributed by atoms with van der Waals surface area (Å²) in [5.41, 5.74) is 4.09. The highest BCUT2D eigenvalue weighted by Crippen LogP contribution is 2.48. The first-order valence-electron chi connectivity index (χ1n) is 9.60. The highest BCUT2D eigenvalue weighted by Gasteiger charge is 2.40. The van der Waals surface area contributed by atoms with Crippen LogP contribution in [0.15, 0.2) is 53.5 Å². The Morgan fingerprint density at radius 1 is 0.914 bits per heavy atom. The molecule has 2 amide bonds. The number of carbonyl (C=O) groups is 2. The Kier molecular flexibility index (Phi) is 8.08. The number of carbonyl (C=O) groups excluding carboxylic acids is 2. The number of alkyl halides is 1. The van der Waals surface area contributed by atoms with Gasteiger partial charge in [-0.05, 0) is 30.3 Å². The molecule has 0 aliphatic carbocycles. The summed E-state index contributed by atoms with van der Waals surface area (Å²) in [6.45, 7) is 0. The molecule has 0 aromatic heterocycles. The summed E-state index contributed by atoms with van der Waals surface area (Å²) >= 11 is 40.6. The van der Waals surface area contributed by atoms with E-state index in [1.807, 2.05) is 6.07 Å². The first-order valence-corrected chi connectivity index (χ1v) is 12.8. The number of nitrogens with zero attached hydrogens (tertiary/aromatic N) is 2. The van der Waals surface area contributed by atoms with Crippen molar-refractivity contribution in [1.29, 1.82) is 0 Å². The van der Waals surface area contributed by atoms with Crippen molar-refractivity contribution in [3.63, 3.8) is 0 Å². The van der Waals surface area contributed by atoms with Crippen LogP contribution in [0.5, 0.6) is 0 Å². The molecule has 1 saturated heterocycles. The predicted molar refractivity (Wildman–Crippen MR) is 148 cm³/mol. The van der Waals surface area contributed by atoms with Crippen molar-refractivity contribution < 1.29 is 9.59 Å². The van der Waals surface area contributed by atoms with Gasteiger partial charge in [0.2, 0.25) is 0 Å². The molecule has 0 radical (unpaired) electrons. The molecule has 180 valence electrons. The summed E-state index contributed by atoms with van der Waals surface area (Å²) in [5.74, 6) is -0.615. The molecule has 1 heterocycles. The maximum absolute atomic E-state index is 13.0. The first-order chi connectivity index (χ1) is 16.6. The maximum atomic E-state index is 13.0. The Morgan fingerprint density at radius 2 is 1.51 bits per heavy atom.